The fourth-order valence-electron chi connectivity index (χ4n) is 1.50. The molecule has 0 aliphatic carbocycles. The molecular weight excluding hydrogens is 266 g/mol. The molecule has 6 nitrogen and oxygen atoms in total. The van der Waals surface area contributed by atoms with Crippen molar-refractivity contribution in [2.45, 2.75) is 26.8 Å². The van der Waals surface area contributed by atoms with Crippen LogP contribution in [0.3, 0.4) is 0 Å². The minimum atomic E-state index is -2.99. The highest BCUT2D eigenvalue weighted by molar-refractivity contribution is 7.90. The van der Waals surface area contributed by atoms with E-state index in [0.717, 1.165) is 6.54 Å². The van der Waals surface area contributed by atoms with Crippen LogP contribution in [0, 0.1) is 5.92 Å². The van der Waals surface area contributed by atoms with E-state index in [1.807, 2.05) is 0 Å². The molecule has 1 aromatic rings. The normalized spacial score (nSPS) is 11.8. The van der Waals surface area contributed by atoms with Crippen molar-refractivity contribution in [1.29, 1.82) is 0 Å². The largest absolute Gasteiger partial charge is 0.383 e. The summed E-state index contributed by atoms with van der Waals surface area (Å²) >= 11 is 0. The molecule has 0 radical (unpaired) electrons. The highest BCUT2D eigenvalue weighted by atomic mass is 32.2. The topological polar surface area (TPSA) is 81.1 Å². The third-order valence-electron chi connectivity index (χ3n) is 2.47. The Bertz CT molecular complexity index is 564. The Balaban J connectivity index is 2.60. The highest BCUT2D eigenvalue weighted by Crippen LogP contribution is 2.02. The third kappa shape index (κ3) is 6.37. The lowest BCUT2D eigenvalue weighted by Crippen LogP contribution is -2.24. The van der Waals surface area contributed by atoms with Gasteiger partial charge in [-0.2, -0.15) is 5.10 Å². The quantitative estimate of drug-likeness (QED) is 0.800. The number of nitrogens with one attached hydrogen (secondary N) is 1. The van der Waals surface area contributed by atoms with Gasteiger partial charge in [-0.15, -0.1) is 0 Å². The number of hydrogen-bond acceptors (Lipinski definition) is 5. The number of sulfone groups is 1. The van der Waals surface area contributed by atoms with Gasteiger partial charge in [-0.05, 0) is 12.3 Å². The Hall–Kier alpha value is -1.37. The SMILES string of the molecule is CC(C)CNc1cnn(CCCS(C)(=O)=O)c(=O)c1. The molecule has 0 spiro atoms. The van der Waals surface area contributed by atoms with E-state index in [1.54, 1.807) is 6.20 Å². The molecule has 1 N–H and O–H groups in total. The van der Waals surface area contributed by atoms with E-state index in [9.17, 15) is 13.2 Å². The summed E-state index contributed by atoms with van der Waals surface area (Å²) < 4.78 is 23.3. The molecule has 1 heterocycles. The summed E-state index contributed by atoms with van der Waals surface area (Å²) in [7, 11) is -2.99. The van der Waals surface area contributed by atoms with Crippen LogP contribution in [0.2, 0.25) is 0 Å². The Morgan fingerprint density at radius 1 is 1.42 bits per heavy atom. The van der Waals surface area contributed by atoms with Crippen LogP contribution in [-0.4, -0.2) is 36.8 Å². The second-order valence-electron chi connectivity index (χ2n) is 5.06. The Labute approximate surface area is 113 Å². The van der Waals surface area contributed by atoms with Gasteiger partial charge in [-0.1, -0.05) is 13.8 Å². The summed E-state index contributed by atoms with van der Waals surface area (Å²) in [6.07, 6.45) is 3.16. The zero-order chi connectivity index (χ0) is 14.5. The molecule has 0 aliphatic rings. The van der Waals surface area contributed by atoms with Gasteiger partial charge in [0.15, 0.2) is 0 Å². The molecular formula is C12H21N3O3S. The summed E-state index contributed by atoms with van der Waals surface area (Å²) in [5, 5.41) is 7.14. The molecule has 0 atom stereocenters. The van der Waals surface area contributed by atoms with Crippen LogP contribution in [-0.2, 0) is 16.4 Å². The van der Waals surface area contributed by atoms with Gasteiger partial charge in [0.25, 0.3) is 5.56 Å². The summed E-state index contributed by atoms with van der Waals surface area (Å²) in [6, 6.07) is 1.48. The maximum atomic E-state index is 11.8. The standard InChI is InChI=1S/C12H21N3O3S/c1-10(2)8-13-11-7-12(16)15(14-9-11)5-4-6-19(3,17)18/h7,9-10,13H,4-6,8H2,1-3H3. The predicted octanol–water partition coefficient (Wildman–Crippen LogP) is 0.746. The first-order valence-corrected chi connectivity index (χ1v) is 8.33. The molecule has 0 saturated carbocycles. The van der Waals surface area contributed by atoms with Crippen molar-refractivity contribution in [1.82, 2.24) is 9.78 Å². The van der Waals surface area contributed by atoms with Gasteiger partial charge in [-0.25, -0.2) is 13.1 Å². The Morgan fingerprint density at radius 3 is 2.63 bits per heavy atom. The zero-order valence-electron chi connectivity index (χ0n) is 11.6. The number of aryl methyl sites for hydroxylation is 1. The molecule has 0 saturated heterocycles. The number of anilines is 1. The Kier molecular flexibility index (Phi) is 5.53. The average molecular weight is 287 g/mol. The van der Waals surface area contributed by atoms with Crippen molar-refractivity contribution >= 4 is 15.5 Å². The molecule has 1 aromatic heterocycles. The van der Waals surface area contributed by atoms with Crippen molar-refractivity contribution in [2.24, 2.45) is 5.92 Å². The highest BCUT2D eigenvalue weighted by Gasteiger charge is 2.04. The average Bonchev–Trinajstić information content (AvgIpc) is 2.27. The molecule has 0 fully saturated rings. The molecule has 7 heteroatoms. The molecule has 0 aliphatic heterocycles. The lowest BCUT2D eigenvalue weighted by molar-refractivity contribution is 0.556. The second kappa shape index (κ2) is 6.70. The van der Waals surface area contributed by atoms with E-state index in [4.69, 9.17) is 0 Å². The maximum Gasteiger partial charge on any atom is 0.268 e. The molecule has 19 heavy (non-hydrogen) atoms. The number of nitrogens with zero attached hydrogens (tertiary/aromatic N) is 2. The molecule has 0 amide bonds. The monoisotopic (exact) mass is 287 g/mol. The number of hydrogen-bond donors (Lipinski definition) is 1. The summed E-state index contributed by atoms with van der Waals surface area (Å²) in [5.41, 5.74) is 0.473. The van der Waals surface area contributed by atoms with E-state index in [1.165, 1.54) is 17.0 Å². The van der Waals surface area contributed by atoms with Gasteiger partial charge in [-0.3, -0.25) is 4.79 Å². The van der Waals surface area contributed by atoms with Crippen molar-refractivity contribution < 1.29 is 8.42 Å². The first kappa shape index (κ1) is 15.7. The van der Waals surface area contributed by atoms with Crippen LogP contribution in [0.1, 0.15) is 20.3 Å². The number of aromatic nitrogens is 2. The predicted molar refractivity (Wildman–Crippen MR) is 76.2 cm³/mol. The van der Waals surface area contributed by atoms with E-state index < -0.39 is 9.84 Å². The van der Waals surface area contributed by atoms with Crippen LogP contribution >= 0.6 is 0 Å². The first-order valence-electron chi connectivity index (χ1n) is 6.26. The van der Waals surface area contributed by atoms with E-state index in [2.05, 4.69) is 24.3 Å². The number of rotatable bonds is 7. The molecule has 108 valence electrons. The maximum absolute atomic E-state index is 11.8. The summed E-state index contributed by atoms with van der Waals surface area (Å²) in [5.74, 6) is 0.547. The van der Waals surface area contributed by atoms with Crippen molar-refractivity contribution in [2.75, 3.05) is 23.9 Å². The van der Waals surface area contributed by atoms with Crippen LogP contribution < -0.4 is 10.9 Å². The van der Waals surface area contributed by atoms with E-state index in [0.29, 0.717) is 24.6 Å². The van der Waals surface area contributed by atoms with Crippen molar-refractivity contribution in [3.63, 3.8) is 0 Å². The minimum absolute atomic E-state index is 0.0640. The lowest BCUT2D eigenvalue weighted by atomic mass is 10.2. The zero-order valence-corrected chi connectivity index (χ0v) is 12.4. The lowest BCUT2D eigenvalue weighted by Gasteiger charge is -2.09. The molecule has 0 unspecified atom stereocenters. The molecule has 1 rings (SSSR count). The van der Waals surface area contributed by atoms with Crippen molar-refractivity contribution in [3.05, 3.63) is 22.6 Å². The first-order chi connectivity index (χ1) is 8.78. The van der Waals surface area contributed by atoms with Gasteiger partial charge >= 0.3 is 0 Å². The third-order valence-corrected chi connectivity index (χ3v) is 3.50. The molecule has 0 aromatic carbocycles. The summed E-state index contributed by atoms with van der Waals surface area (Å²) in [4.78, 5) is 11.8. The van der Waals surface area contributed by atoms with Crippen LogP contribution in [0.25, 0.3) is 0 Å². The van der Waals surface area contributed by atoms with Crippen molar-refractivity contribution in [3.8, 4) is 0 Å². The Morgan fingerprint density at radius 2 is 2.11 bits per heavy atom. The molecule has 0 bridgehead atoms. The second-order valence-corrected chi connectivity index (χ2v) is 7.32. The van der Waals surface area contributed by atoms with Crippen LogP contribution in [0.4, 0.5) is 5.69 Å². The summed E-state index contributed by atoms with van der Waals surface area (Å²) in [6.45, 7) is 5.25. The van der Waals surface area contributed by atoms with Gasteiger partial charge in [0.05, 0.1) is 17.6 Å². The fraction of sp³-hybridized carbons (Fsp3) is 0.667. The van der Waals surface area contributed by atoms with Gasteiger partial charge in [0, 0.05) is 25.4 Å². The van der Waals surface area contributed by atoms with Crippen LogP contribution in [0.5, 0.6) is 0 Å². The van der Waals surface area contributed by atoms with Crippen LogP contribution in [0.15, 0.2) is 17.1 Å². The smallest absolute Gasteiger partial charge is 0.268 e. The van der Waals surface area contributed by atoms with E-state index >= 15 is 0 Å². The van der Waals surface area contributed by atoms with Gasteiger partial charge in [0.2, 0.25) is 0 Å². The fourth-order valence-corrected chi connectivity index (χ4v) is 2.15. The minimum Gasteiger partial charge on any atom is -0.383 e. The van der Waals surface area contributed by atoms with E-state index in [-0.39, 0.29) is 11.3 Å². The van der Waals surface area contributed by atoms with Gasteiger partial charge in [0.1, 0.15) is 9.84 Å². The van der Waals surface area contributed by atoms with Gasteiger partial charge < -0.3 is 5.32 Å².